The molecule has 3 atom stereocenters. The molecule has 0 radical (unpaired) electrons. The zero-order valence-electron chi connectivity index (χ0n) is 9.23. The number of hydrogen-bond acceptors (Lipinski definition) is 3. The van der Waals surface area contributed by atoms with Crippen LogP contribution in [0.1, 0.15) is 20.8 Å². The van der Waals surface area contributed by atoms with Gasteiger partial charge in [-0.05, 0) is 26.3 Å². The van der Waals surface area contributed by atoms with Crippen LogP contribution in [0.3, 0.4) is 0 Å². The highest BCUT2D eigenvalue weighted by Gasteiger charge is 2.51. The van der Waals surface area contributed by atoms with Crippen molar-refractivity contribution in [2.24, 2.45) is 0 Å². The Morgan fingerprint density at radius 3 is 2.33 bits per heavy atom. The minimum Gasteiger partial charge on any atom is -0.361 e. The van der Waals surface area contributed by atoms with Gasteiger partial charge in [0, 0.05) is 0 Å². The highest BCUT2D eigenvalue weighted by molar-refractivity contribution is 7.93. The fourth-order valence-corrected chi connectivity index (χ4v) is 3.79. The Kier molecular flexibility index (Phi) is 2.14. The van der Waals surface area contributed by atoms with Gasteiger partial charge in [-0.15, -0.1) is 0 Å². The predicted octanol–water partition coefficient (Wildman–Crippen LogP) is 1.46. The fourth-order valence-electron chi connectivity index (χ4n) is 1.98. The molecule has 2 bridgehead atoms. The van der Waals surface area contributed by atoms with Crippen LogP contribution in [0.2, 0.25) is 0 Å². The Hall–Kier alpha value is -0.610. The van der Waals surface area contributed by atoms with Crippen molar-refractivity contribution < 1.29 is 13.2 Å². The summed E-state index contributed by atoms with van der Waals surface area (Å²) in [6, 6.07) is 0. The Morgan fingerprint density at radius 1 is 1.33 bits per heavy atom. The molecule has 1 saturated heterocycles. The van der Waals surface area contributed by atoms with Gasteiger partial charge in [0.25, 0.3) is 0 Å². The first-order valence-corrected chi connectivity index (χ1v) is 6.56. The van der Waals surface area contributed by atoms with E-state index in [4.69, 9.17) is 4.74 Å². The third kappa shape index (κ3) is 1.39. The lowest BCUT2D eigenvalue weighted by Crippen LogP contribution is -2.42. The van der Waals surface area contributed by atoms with Crippen molar-refractivity contribution in [1.29, 1.82) is 0 Å². The quantitative estimate of drug-likeness (QED) is 0.638. The maximum atomic E-state index is 12.3. The number of sulfone groups is 1. The lowest BCUT2D eigenvalue weighted by atomic mass is 10.0. The van der Waals surface area contributed by atoms with Gasteiger partial charge in [0.15, 0.2) is 9.84 Å². The molecule has 15 heavy (non-hydrogen) atoms. The Bertz CT molecular complexity index is 425. The van der Waals surface area contributed by atoms with E-state index < -0.39 is 19.8 Å². The van der Waals surface area contributed by atoms with Gasteiger partial charge >= 0.3 is 0 Å². The molecule has 4 heteroatoms. The third-order valence-electron chi connectivity index (χ3n) is 3.00. The molecule has 0 aliphatic carbocycles. The number of fused-ring (bicyclic) bond motifs is 2. The van der Waals surface area contributed by atoms with Gasteiger partial charge in [-0.3, -0.25) is 0 Å². The summed E-state index contributed by atoms with van der Waals surface area (Å²) in [6.07, 6.45) is 3.18. The lowest BCUT2D eigenvalue weighted by Gasteiger charge is -2.27. The first-order valence-electron chi connectivity index (χ1n) is 5.01. The minimum absolute atomic E-state index is 0.197. The monoisotopic (exact) mass is 228 g/mol. The van der Waals surface area contributed by atoms with Crippen LogP contribution in [0.25, 0.3) is 0 Å². The van der Waals surface area contributed by atoms with E-state index in [2.05, 4.69) is 6.58 Å². The van der Waals surface area contributed by atoms with Crippen LogP contribution in [0, 0.1) is 0 Å². The first kappa shape index (κ1) is 10.9. The minimum atomic E-state index is -3.23. The van der Waals surface area contributed by atoms with Gasteiger partial charge in [0.1, 0.15) is 5.25 Å². The van der Waals surface area contributed by atoms with Crippen LogP contribution in [0.5, 0.6) is 0 Å². The van der Waals surface area contributed by atoms with Gasteiger partial charge in [-0.2, -0.15) is 0 Å². The predicted molar refractivity (Wildman–Crippen MR) is 59.4 cm³/mol. The average Bonchev–Trinajstić information content (AvgIpc) is 2.60. The van der Waals surface area contributed by atoms with Crippen LogP contribution >= 0.6 is 0 Å². The second-order valence-corrected chi connectivity index (χ2v) is 7.88. The van der Waals surface area contributed by atoms with Crippen LogP contribution < -0.4 is 0 Å². The van der Waals surface area contributed by atoms with Gasteiger partial charge < -0.3 is 4.74 Å². The normalized spacial score (nSPS) is 35.1. The molecule has 0 N–H and O–H groups in total. The summed E-state index contributed by atoms with van der Waals surface area (Å²) < 4.78 is 29.3. The van der Waals surface area contributed by atoms with Crippen molar-refractivity contribution in [1.82, 2.24) is 0 Å². The molecule has 0 aromatic heterocycles. The Morgan fingerprint density at radius 2 is 1.93 bits per heavy atom. The molecule has 0 aromatic carbocycles. The summed E-state index contributed by atoms with van der Waals surface area (Å²) in [7, 11) is -3.23. The van der Waals surface area contributed by atoms with E-state index in [0.29, 0.717) is 5.57 Å². The lowest BCUT2D eigenvalue weighted by molar-refractivity contribution is 0.128. The van der Waals surface area contributed by atoms with Gasteiger partial charge in [-0.1, -0.05) is 18.7 Å². The molecular formula is C11H16O3S. The van der Waals surface area contributed by atoms with E-state index in [1.54, 1.807) is 20.8 Å². The zero-order chi connectivity index (χ0) is 11.4. The first-order chi connectivity index (χ1) is 6.75. The van der Waals surface area contributed by atoms with Crippen molar-refractivity contribution in [3.8, 4) is 0 Å². The largest absolute Gasteiger partial charge is 0.361 e. The molecule has 1 fully saturated rings. The molecule has 0 aromatic rings. The number of ether oxygens (including phenoxy) is 1. The SMILES string of the molecule is C=C1C(S(=O)(=O)C(C)(C)C)[C@@H]2C=C[C@H]1O2. The zero-order valence-corrected chi connectivity index (χ0v) is 10.0. The van der Waals surface area contributed by atoms with Crippen molar-refractivity contribution in [2.45, 2.75) is 43.0 Å². The van der Waals surface area contributed by atoms with Crippen LogP contribution in [0.4, 0.5) is 0 Å². The number of hydrogen-bond donors (Lipinski definition) is 0. The summed E-state index contributed by atoms with van der Waals surface area (Å²) in [5.41, 5.74) is 0.678. The molecule has 3 nitrogen and oxygen atoms in total. The standard InChI is InChI=1S/C11H16O3S/c1-7-8-5-6-9(14-8)10(7)15(12,13)11(2,3)4/h5-6,8-10H,1H2,2-4H3/t8-,9+,10?/m1/s1. The molecule has 0 amide bonds. The van der Waals surface area contributed by atoms with E-state index in [-0.39, 0.29) is 12.2 Å². The van der Waals surface area contributed by atoms with Crippen molar-refractivity contribution >= 4 is 9.84 Å². The topological polar surface area (TPSA) is 43.4 Å². The van der Waals surface area contributed by atoms with Crippen LogP contribution in [-0.4, -0.2) is 30.6 Å². The molecule has 2 rings (SSSR count). The molecule has 2 heterocycles. The second kappa shape index (κ2) is 2.95. The highest BCUT2D eigenvalue weighted by Crippen LogP contribution is 2.40. The van der Waals surface area contributed by atoms with Crippen molar-refractivity contribution in [3.05, 3.63) is 24.3 Å². The average molecular weight is 228 g/mol. The second-order valence-electron chi connectivity index (χ2n) is 5.06. The summed E-state index contributed by atoms with van der Waals surface area (Å²) in [5.74, 6) is 0. The van der Waals surface area contributed by atoms with Gasteiger partial charge in [-0.25, -0.2) is 8.42 Å². The summed E-state index contributed by atoms with van der Waals surface area (Å²) in [6.45, 7) is 8.98. The van der Waals surface area contributed by atoms with E-state index in [0.717, 1.165) is 0 Å². The maximum absolute atomic E-state index is 12.3. The molecule has 2 aliphatic heterocycles. The van der Waals surface area contributed by atoms with Crippen molar-refractivity contribution in [3.63, 3.8) is 0 Å². The molecular weight excluding hydrogens is 212 g/mol. The fraction of sp³-hybridized carbons (Fsp3) is 0.636. The van der Waals surface area contributed by atoms with Crippen LogP contribution in [-0.2, 0) is 14.6 Å². The molecule has 0 spiro atoms. The van der Waals surface area contributed by atoms with Crippen molar-refractivity contribution in [2.75, 3.05) is 0 Å². The molecule has 1 unspecified atom stereocenters. The van der Waals surface area contributed by atoms with E-state index >= 15 is 0 Å². The molecule has 84 valence electrons. The van der Waals surface area contributed by atoms with Gasteiger partial charge in [0.05, 0.1) is 17.0 Å². The van der Waals surface area contributed by atoms with Gasteiger partial charge in [0.2, 0.25) is 0 Å². The summed E-state index contributed by atoms with van der Waals surface area (Å²) in [4.78, 5) is 0. The molecule has 0 saturated carbocycles. The maximum Gasteiger partial charge on any atom is 0.164 e. The smallest absolute Gasteiger partial charge is 0.164 e. The third-order valence-corrected chi connectivity index (χ3v) is 5.94. The van der Waals surface area contributed by atoms with E-state index in [9.17, 15) is 8.42 Å². The Labute approximate surface area is 90.7 Å². The number of rotatable bonds is 1. The molecule has 2 aliphatic rings. The Balaban J connectivity index is 2.42. The summed E-state index contributed by atoms with van der Waals surface area (Å²) in [5, 5.41) is -0.563. The van der Waals surface area contributed by atoms with E-state index in [1.807, 2.05) is 12.2 Å². The van der Waals surface area contributed by atoms with Crippen LogP contribution in [0.15, 0.2) is 24.3 Å². The highest BCUT2D eigenvalue weighted by atomic mass is 32.2. The van der Waals surface area contributed by atoms with E-state index in [1.165, 1.54) is 0 Å². The summed E-state index contributed by atoms with van der Waals surface area (Å²) >= 11 is 0.